The van der Waals surface area contributed by atoms with Crippen molar-refractivity contribution in [2.24, 2.45) is 0 Å². The minimum atomic E-state index is -0.295. The van der Waals surface area contributed by atoms with Gasteiger partial charge in [0.15, 0.2) is 0 Å². The number of halogens is 2. The molecule has 1 amide bonds. The molecule has 1 heterocycles. The number of ether oxygens (including phenoxy) is 2. The second-order valence-electron chi connectivity index (χ2n) is 6.15. The number of rotatable bonds is 8. The molecule has 0 aliphatic carbocycles. The zero-order valence-electron chi connectivity index (χ0n) is 16.4. The first-order valence-electron chi connectivity index (χ1n) is 8.89. The predicted molar refractivity (Wildman–Crippen MR) is 120 cm³/mol. The number of benzene rings is 2. The monoisotopic (exact) mass is 446 g/mol. The van der Waals surface area contributed by atoms with Gasteiger partial charge in [-0.2, -0.15) is 5.10 Å². The number of anilines is 2. The molecule has 3 aromatic rings. The van der Waals surface area contributed by atoms with Crippen LogP contribution in [0.2, 0.25) is 10.0 Å². The minimum Gasteiger partial charge on any atom is -0.495 e. The maximum Gasteiger partial charge on any atom is 0.247 e. The molecule has 1 aromatic heterocycles. The SMILES string of the molecule is C=CC(=O)Nc1ccccc1-c1cc(CNc2c(Cl)c(OC)cc(OC)c2Cl)[nH]n1. The molecule has 0 unspecified atom stereocenters. The Labute approximate surface area is 184 Å². The van der Waals surface area contributed by atoms with Crippen LogP contribution < -0.4 is 20.1 Å². The number of aromatic nitrogens is 2. The Kier molecular flexibility index (Phi) is 6.87. The maximum atomic E-state index is 11.7. The highest BCUT2D eigenvalue weighted by atomic mass is 35.5. The van der Waals surface area contributed by atoms with E-state index in [1.165, 1.54) is 20.3 Å². The topological polar surface area (TPSA) is 88.3 Å². The van der Waals surface area contributed by atoms with Gasteiger partial charge >= 0.3 is 0 Å². The van der Waals surface area contributed by atoms with Crippen molar-refractivity contribution >= 4 is 40.5 Å². The van der Waals surface area contributed by atoms with Crippen LogP contribution in [0.3, 0.4) is 0 Å². The average molecular weight is 447 g/mol. The van der Waals surface area contributed by atoms with Crippen LogP contribution in [0.4, 0.5) is 11.4 Å². The third-order valence-electron chi connectivity index (χ3n) is 4.31. The first kappa shape index (κ1) is 21.5. The average Bonchev–Trinajstić information content (AvgIpc) is 3.23. The summed E-state index contributed by atoms with van der Waals surface area (Å²) in [6.07, 6.45) is 1.21. The van der Waals surface area contributed by atoms with Gasteiger partial charge in [0.05, 0.1) is 43.5 Å². The number of nitrogens with zero attached hydrogens (tertiary/aromatic N) is 1. The molecule has 0 aliphatic heterocycles. The Hall–Kier alpha value is -3.16. The summed E-state index contributed by atoms with van der Waals surface area (Å²) in [6, 6.07) is 10.9. The van der Waals surface area contributed by atoms with Crippen LogP contribution in [-0.2, 0) is 11.3 Å². The Balaban J connectivity index is 1.83. The molecule has 0 atom stereocenters. The molecule has 0 saturated heterocycles. The molecular weight excluding hydrogens is 427 g/mol. The number of hydrogen-bond acceptors (Lipinski definition) is 5. The standard InChI is InChI=1S/C21H20Cl2N4O3/c1-4-18(28)25-14-8-6-5-7-13(14)15-9-12(26-27-15)11-24-21-19(22)16(29-2)10-17(30-3)20(21)23/h4-10,24H,1,11H2,2-3H3,(H,25,28)(H,26,27). The van der Waals surface area contributed by atoms with Gasteiger partial charge in [0.2, 0.25) is 5.91 Å². The summed E-state index contributed by atoms with van der Waals surface area (Å²) in [5.74, 6) is 0.589. The smallest absolute Gasteiger partial charge is 0.247 e. The molecule has 0 radical (unpaired) electrons. The zero-order chi connectivity index (χ0) is 21.7. The number of carbonyl (C=O) groups excluding carboxylic acids is 1. The molecule has 3 N–H and O–H groups in total. The molecule has 2 aromatic carbocycles. The summed E-state index contributed by atoms with van der Waals surface area (Å²) in [7, 11) is 3.03. The van der Waals surface area contributed by atoms with E-state index in [9.17, 15) is 4.79 Å². The Morgan fingerprint density at radius 1 is 1.17 bits per heavy atom. The van der Waals surface area contributed by atoms with Crippen molar-refractivity contribution < 1.29 is 14.3 Å². The number of hydrogen-bond donors (Lipinski definition) is 3. The third-order valence-corrected chi connectivity index (χ3v) is 5.06. The van der Waals surface area contributed by atoms with Gasteiger partial charge in [-0.15, -0.1) is 0 Å². The van der Waals surface area contributed by atoms with Crippen molar-refractivity contribution in [1.82, 2.24) is 10.2 Å². The lowest BCUT2D eigenvalue weighted by atomic mass is 10.1. The van der Waals surface area contributed by atoms with Crippen molar-refractivity contribution in [2.75, 3.05) is 24.9 Å². The van der Waals surface area contributed by atoms with Crippen molar-refractivity contribution in [3.63, 3.8) is 0 Å². The first-order valence-corrected chi connectivity index (χ1v) is 9.65. The normalized spacial score (nSPS) is 10.4. The van der Waals surface area contributed by atoms with E-state index in [0.717, 1.165) is 11.3 Å². The van der Waals surface area contributed by atoms with E-state index in [1.54, 1.807) is 12.1 Å². The second-order valence-corrected chi connectivity index (χ2v) is 6.91. The summed E-state index contributed by atoms with van der Waals surface area (Å²) in [5, 5.41) is 14.0. The van der Waals surface area contributed by atoms with Crippen LogP contribution in [0.1, 0.15) is 5.69 Å². The van der Waals surface area contributed by atoms with Gasteiger partial charge in [-0.1, -0.05) is 48.0 Å². The van der Waals surface area contributed by atoms with E-state index in [1.807, 2.05) is 24.3 Å². The molecule has 3 rings (SSSR count). The van der Waals surface area contributed by atoms with E-state index in [-0.39, 0.29) is 5.91 Å². The molecule has 0 aliphatic rings. The maximum absolute atomic E-state index is 11.7. The highest BCUT2D eigenvalue weighted by Gasteiger charge is 2.17. The van der Waals surface area contributed by atoms with Gasteiger partial charge in [-0.25, -0.2) is 0 Å². The van der Waals surface area contributed by atoms with Gasteiger partial charge in [-0.05, 0) is 18.2 Å². The zero-order valence-corrected chi connectivity index (χ0v) is 17.9. The molecular formula is C21H20Cl2N4O3. The molecule has 0 bridgehead atoms. The van der Waals surface area contributed by atoms with Gasteiger partial charge < -0.3 is 20.1 Å². The number of H-pyrrole nitrogens is 1. The summed E-state index contributed by atoms with van der Waals surface area (Å²) >= 11 is 12.8. The second kappa shape index (κ2) is 9.56. The van der Waals surface area contributed by atoms with Crippen molar-refractivity contribution in [3.05, 3.63) is 64.8 Å². The van der Waals surface area contributed by atoms with E-state index < -0.39 is 0 Å². The van der Waals surface area contributed by atoms with E-state index in [4.69, 9.17) is 32.7 Å². The largest absolute Gasteiger partial charge is 0.495 e. The van der Waals surface area contributed by atoms with E-state index in [2.05, 4.69) is 27.4 Å². The number of para-hydroxylation sites is 1. The Bertz CT molecular complexity index is 1050. The van der Waals surface area contributed by atoms with Gasteiger partial charge in [0, 0.05) is 11.6 Å². The molecule has 156 valence electrons. The third kappa shape index (κ3) is 4.53. The van der Waals surface area contributed by atoms with Crippen LogP contribution in [0.15, 0.2) is 49.1 Å². The summed E-state index contributed by atoms with van der Waals surface area (Å²) in [6.45, 7) is 3.84. The number of amides is 1. The van der Waals surface area contributed by atoms with Gasteiger partial charge in [0.1, 0.15) is 21.5 Å². The van der Waals surface area contributed by atoms with E-state index in [0.29, 0.717) is 45.2 Å². The molecule has 7 nitrogen and oxygen atoms in total. The van der Waals surface area contributed by atoms with Crippen LogP contribution in [-0.4, -0.2) is 30.3 Å². The lowest BCUT2D eigenvalue weighted by Crippen LogP contribution is -2.08. The molecule has 0 fully saturated rings. The van der Waals surface area contributed by atoms with Crippen molar-refractivity contribution in [3.8, 4) is 22.8 Å². The molecule has 0 spiro atoms. The fourth-order valence-electron chi connectivity index (χ4n) is 2.81. The highest BCUT2D eigenvalue weighted by molar-refractivity contribution is 6.41. The van der Waals surface area contributed by atoms with Gasteiger partial charge in [0.25, 0.3) is 0 Å². The lowest BCUT2D eigenvalue weighted by molar-refractivity contribution is -0.111. The Morgan fingerprint density at radius 2 is 1.83 bits per heavy atom. The van der Waals surface area contributed by atoms with Crippen molar-refractivity contribution in [2.45, 2.75) is 6.54 Å². The molecule has 0 saturated carbocycles. The van der Waals surface area contributed by atoms with Crippen LogP contribution in [0, 0.1) is 0 Å². The first-order chi connectivity index (χ1) is 14.5. The minimum absolute atomic E-state index is 0.295. The number of carbonyl (C=O) groups is 1. The molecule has 9 heteroatoms. The lowest BCUT2D eigenvalue weighted by Gasteiger charge is -2.15. The number of nitrogens with one attached hydrogen (secondary N) is 3. The molecule has 30 heavy (non-hydrogen) atoms. The summed E-state index contributed by atoms with van der Waals surface area (Å²) < 4.78 is 10.6. The van der Waals surface area contributed by atoms with Crippen LogP contribution in [0.5, 0.6) is 11.5 Å². The number of aromatic amines is 1. The summed E-state index contributed by atoms with van der Waals surface area (Å²) in [5.41, 5.74) is 3.35. The predicted octanol–water partition coefficient (Wildman–Crippen LogP) is 5.14. The van der Waals surface area contributed by atoms with Crippen molar-refractivity contribution in [1.29, 1.82) is 0 Å². The summed E-state index contributed by atoms with van der Waals surface area (Å²) in [4.78, 5) is 11.7. The Morgan fingerprint density at radius 3 is 2.47 bits per heavy atom. The quantitative estimate of drug-likeness (QED) is 0.417. The van der Waals surface area contributed by atoms with E-state index >= 15 is 0 Å². The van der Waals surface area contributed by atoms with Gasteiger partial charge in [-0.3, -0.25) is 9.89 Å². The van der Waals surface area contributed by atoms with Crippen LogP contribution >= 0.6 is 23.2 Å². The fourth-order valence-corrected chi connectivity index (χ4v) is 3.45. The highest BCUT2D eigenvalue weighted by Crippen LogP contribution is 2.44. The van der Waals surface area contributed by atoms with Crippen LogP contribution in [0.25, 0.3) is 11.3 Å². The number of methoxy groups -OCH3 is 2. The fraction of sp³-hybridized carbons (Fsp3) is 0.143.